The average molecular weight is 318 g/mol. The molecule has 5 nitrogen and oxygen atoms in total. The first-order valence-electron chi connectivity index (χ1n) is 6.89. The van der Waals surface area contributed by atoms with Crippen molar-refractivity contribution in [2.24, 2.45) is 0 Å². The van der Waals surface area contributed by atoms with Gasteiger partial charge in [0.1, 0.15) is 5.75 Å². The molecular formula is C16H18N2O3S. The predicted octanol–water partition coefficient (Wildman–Crippen LogP) is 2.19. The van der Waals surface area contributed by atoms with E-state index in [0.717, 1.165) is 11.3 Å². The molecule has 2 aromatic rings. The Morgan fingerprint density at radius 2 is 2.09 bits per heavy atom. The number of nitrogens with one attached hydrogen (secondary N) is 2. The van der Waals surface area contributed by atoms with Gasteiger partial charge in [-0.2, -0.15) is 11.3 Å². The summed E-state index contributed by atoms with van der Waals surface area (Å²) < 4.78 is 5.13. The van der Waals surface area contributed by atoms with Gasteiger partial charge in [0.15, 0.2) is 0 Å². The summed E-state index contributed by atoms with van der Waals surface area (Å²) in [4.78, 5) is 23.4. The number of rotatable bonds is 7. The molecule has 0 spiro atoms. The molecule has 116 valence electrons. The van der Waals surface area contributed by atoms with E-state index in [4.69, 9.17) is 4.74 Å². The summed E-state index contributed by atoms with van der Waals surface area (Å²) in [6.45, 7) is 0.757. The summed E-state index contributed by atoms with van der Waals surface area (Å²) in [5.41, 5.74) is 1.59. The maximum absolute atomic E-state index is 11.7. The smallest absolute Gasteiger partial charge is 0.252 e. The number of benzene rings is 1. The molecule has 2 rings (SSSR count). The Morgan fingerprint density at radius 3 is 2.82 bits per heavy atom. The van der Waals surface area contributed by atoms with E-state index in [1.54, 1.807) is 18.6 Å². The topological polar surface area (TPSA) is 67.4 Å². The first-order chi connectivity index (χ1) is 10.7. The van der Waals surface area contributed by atoms with Gasteiger partial charge in [-0.15, -0.1) is 0 Å². The molecule has 0 saturated heterocycles. The van der Waals surface area contributed by atoms with Crippen LogP contribution in [-0.2, 0) is 11.3 Å². The fraction of sp³-hybridized carbons (Fsp3) is 0.250. The van der Waals surface area contributed by atoms with Gasteiger partial charge in [-0.1, -0.05) is 12.1 Å². The van der Waals surface area contributed by atoms with E-state index in [1.807, 2.05) is 29.6 Å². The van der Waals surface area contributed by atoms with Crippen molar-refractivity contribution in [1.82, 2.24) is 10.6 Å². The molecule has 0 aliphatic carbocycles. The van der Waals surface area contributed by atoms with Crippen LogP contribution in [0.15, 0.2) is 41.1 Å². The van der Waals surface area contributed by atoms with Gasteiger partial charge in [0.25, 0.3) is 5.91 Å². The Kier molecular flexibility index (Phi) is 5.97. The zero-order valence-corrected chi connectivity index (χ0v) is 13.1. The molecule has 1 aromatic carbocycles. The predicted molar refractivity (Wildman–Crippen MR) is 86.1 cm³/mol. The quantitative estimate of drug-likeness (QED) is 0.822. The van der Waals surface area contributed by atoms with Crippen molar-refractivity contribution in [3.8, 4) is 5.75 Å². The van der Waals surface area contributed by atoms with Gasteiger partial charge in [-0.05, 0) is 29.1 Å². The van der Waals surface area contributed by atoms with E-state index in [9.17, 15) is 9.59 Å². The second kappa shape index (κ2) is 8.19. The van der Waals surface area contributed by atoms with Gasteiger partial charge in [0, 0.05) is 30.5 Å². The maximum atomic E-state index is 11.7. The Hall–Kier alpha value is -2.34. The fourth-order valence-electron chi connectivity index (χ4n) is 1.86. The van der Waals surface area contributed by atoms with Crippen LogP contribution >= 0.6 is 11.3 Å². The lowest BCUT2D eigenvalue weighted by Crippen LogP contribution is -2.30. The van der Waals surface area contributed by atoms with Crippen molar-refractivity contribution in [3.63, 3.8) is 0 Å². The van der Waals surface area contributed by atoms with Crippen LogP contribution in [0.5, 0.6) is 5.75 Å². The molecule has 0 radical (unpaired) electrons. The number of carbonyl (C=O) groups is 2. The van der Waals surface area contributed by atoms with Gasteiger partial charge in [0.05, 0.1) is 7.11 Å². The lowest BCUT2D eigenvalue weighted by molar-refractivity contribution is -0.121. The third-order valence-electron chi connectivity index (χ3n) is 3.04. The minimum absolute atomic E-state index is 0.103. The molecule has 2 N–H and O–H groups in total. The van der Waals surface area contributed by atoms with E-state index in [0.29, 0.717) is 18.7 Å². The molecule has 6 heteroatoms. The summed E-state index contributed by atoms with van der Waals surface area (Å²) in [7, 11) is 1.61. The molecule has 1 aromatic heterocycles. The number of ether oxygens (including phenoxy) is 1. The zero-order chi connectivity index (χ0) is 15.8. The maximum Gasteiger partial charge on any atom is 0.252 e. The molecule has 0 bridgehead atoms. The molecule has 0 fully saturated rings. The SMILES string of the molecule is COc1cccc(CNC(=O)CCNC(=O)c2ccsc2)c1. The second-order valence-corrected chi connectivity index (χ2v) is 5.43. The highest BCUT2D eigenvalue weighted by Gasteiger charge is 2.06. The number of hydrogen-bond donors (Lipinski definition) is 2. The monoisotopic (exact) mass is 318 g/mol. The lowest BCUT2D eigenvalue weighted by Gasteiger charge is -2.07. The Labute approximate surface area is 133 Å². The number of amides is 2. The highest BCUT2D eigenvalue weighted by molar-refractivity contribution is 7.08. The lowest BCUT2D eigenvalue weighted by atomic mass is 10.2. The second-order valence-electron chi connectivity index (χ2n) is 4.65. The summed E-state index contributed by atoms with van der Waals surface area (Å²) >= 11 is 1.47. The average Bonchev–Trinajstić information content (AvgIpc) is 3.07. The molecule has 0 unspecified atom stereocenters. The third kappa shape index (κ3) is 4.89. The van der Waals surface area contributed by atoms with Crippen molar-refractivity contribution < 1.29 is 14.3 Å². The van der Waals surface area contributed by atoms with Crippen molar-refractivity contribution in [2.75, 3.05) is 13.7 Å². The Morgan fingerprint density at radius 1 is 1.23 bits per heavy atom. The van der Waals surface area contributed by atoms with Gasteiger partial charge in [-0.3, -0.25) is 9.59 Å². The van der Waals surface area contributed by atoms with Crippen LogP contribution < -0.4 is 15.4 Å². The summed E-state index contributed by atoms with van der Waals surface area (Å²) in [6.07, 6.45) is 0.250. The van der Waals surface area contributed by atoms with Crippen molar-refractivity contribution in [1.29, 1.82) is 0 Å². The Bertz CT molecular complexity index is 626. The van der Waals surface area contributed by atoms with Crippen LogP contribution in [0.3, 0.4) is 0 Å². The minimum atomic E-state index is -0.151. The Balaban J connectivity index is 1.68. The molecule has 0 saturated carbocycles. The van der Waals surface area contributed by atoms with Crippen molar-refractivity contribution in [2.45, 2.75) is 13.0 Å². The van der Waals surface area contributed by atoms with E-state index in [2.05, 4.69) is 10.6 Å². The highest BCUT2D eigenvalue weighted by atomic mass is 32.1. The first-order valence-corrected chi connectivity index (χ1v) is 7.83. The standard InChI is InChI=1S/C16H18N2O3S/c1-21-14-4-2-3-12(9-14)10-18-15(19)5-7-17-16(20)13-6-8-22-11-13/h2-4,6,8-9,11H,5,7,10H2,1H3,(H,17,20)(H,18,19). The molecule has 1 heterocycles. The molecule has 0 aliphatic heterocycles. The van der Waals surface area contributed by atoms with Crippen LogP contribution in [0.4, 0.5) is 0 Å². The zero-order valence-electron chi connectivity index (χ0n) is 12.3. The van der Waals surface area contributed by atoms with Crippen molar-refractivity contribution >= 4 is 23.2 Å². The van der Waals surface area contributed by atoms with Gasteiger partial charge in [0.2, 0.25) is 5.91 Å². The highest BCUT2D eigenvalue weighted by Crippen LogP contribution is 2.12. The van der Waals surface area contributed by atoms with Crippen LogP contribution in [0, 0.1) is 0 Å². The minimum Gasteiger partial charge on any atom is -0.497 e. The third-order valence-corrected chi connectivity index (χ3v) is 3.73. The van der Waals surface area contributed by atoms with Crippen molar-refractivity contribution in [3.05, 3.63) is 52.2 Å². The van der Waals surface area contributed by atoms with Gasteiger partial charge < -0.3 is 15.4 Å². The first kappa shape index (κ1) is 16.0. The number of thiophene rings is 1. The molecule has 0 aliphatic rings. The summed E-state index contributed by atoms with van der Waals surface area (Å²) in [5.74, 6) is 0.505. The molecule has 2 amide bonds. The van der Waals surface area contributed by atoms with Gasteiger partial charge >= 0.3 is 0 Å². The van der Waals surface area contributed by atoms with Crippen LogP contribution in [0.1, 0.15) is 22.3 Å². The summed E-state index contributed by atoms with van der Waals surface area (Å²) in [6, 6.07) is 9.27. The number of methoxy groups -OCH3 is 1. The molecule has 0 atom stereocenters. The molecule has 22 heavy (non-hydrogen) atoms. The van der Waals surface area contributed by atoms with Gasteiger partial charge in [-0.25, -0.2) is 0 Å². The van der Waals surface area contributed by atoms with E-state index >= 15 is 0 Å². The van der Waals surface area contributed by atoms with Crippen LogP contribution in [-0.4, -0.2) is 25.5 Å². The summed E-state index contributed by atoms with van der Waals surface area (Å²) in [5, 5.41) is 9.15. The van der Waals surface area contributed by atoms with Crippen LogP contribution in [0.2, 0.25) is 0 Å². The fourth-order valence-corrected chi connectivity index (χ4v) is 2.49. The van der Waals surface area contributed by atoms with E-state index in [1.165, 1.54) is 11.3 Å². The van der Waals surface area contributed by atoms with E-state index in [-0.39, 0.29) is 18.2 Å². The van der Waals surface area contributed by atoms with E-state index < -0.39 is 0 Å². The largest absolute Gasteiger partial charge is 0.497 e. The normalized spacial score (nSPS) is 10.0. The number of carbonyl (C=O) groups excluding carboxylic acids is 2. The number of hydrogen-bond acceptors (Lipinski definition) is 4. The van der Waals surface area contributed by atoms with Crippen LogP contribution in [0.25, 0.3) is 0 Å². The molecular weight excluding hydrogens is 300 g/mol.